The summed E-state index contributed by atoms with van der Waals surface area (Å²) in [7, 11) is 0. The number of halogens is 3. The Morgan fingerprint density at radius 1 is 1.39 bits per heavy atom. The van der Waals surface area contributed by atoms with Crippen LogP contribution in [0, 0.1) is 5.82 Å². The average Bonchev–Trinajstić information content (AvgIpc) is 2.68. The largest absolute Gasteiger partial charge is 0.287 e. The van der Waals surface area contributed by atoms with Gasteiger partial charge in [0.25, 0.3) is 0 Å². The van der Waals surface area contributed by atoms with Gasteiger partial charge in [-0.1, -0.05) is 15.9 Å². The van der Waals surface area contributed by atoms with E-state index < -0.39 is 5.82 Å². The van der Waals surface area contributed by atoms with E-state index in [9.17, 15) is 9.18 Å². The monoisotopic (exact) mass is 374 g/mol. The zero-order chi connectivity index (χ0) is 13.3. The van der Waals surface area contributed by atoms with Crippen LogP contribution in [0.15, 0.2) is 33.3 Å². The van der Waals surface area contributed by atoms with Crippen LogP contribution >= 0.6 is 31.9 Å². The summed E-state index contributed by atoms with van der Waals surface area (Å²) in [4.78, 5) is 12.3. The lowest BCUT2D eigenvalue weighted by Crippen LogP contribution is -2.11. The van der Waals surface area contributed by atoms with Crippen molar-refractivity contribution in [2.24, 2.45) is 0 Å². The van der Waals surface area contributed by atoms with Crippen molar-refractivity contribution in [1.29, 1.82) is 0 Å². The molecule has 0 saturated heterocycles. The van der Waals surface area contributed by atoms with Gasteiger partial charge in [-0.25, -0.2) is 4.39 Å². The van der Waals surface area contributed by atoms with Crippen molar-refractivity contribution in [3.8, 4) is 0 Å². The highest BCUT2D eigenvalue weighted by Crippen LogP contribution is 2.22. The van der Waals surface area contributed by atoms with Crippen molar-refractivity contribution in [1.82, 2.24) is 9.78 Å². The van der Waals surface area contributed by atoms with Crippen molar-refractivity contribution >= 4 is 37.6 Å². The third-order valence-corrected chi connectivity index (χ3v) is 3.47. The summed E-state index contributed by atoms with van der Waals surface area (Å²) < 4.78 is 16.0. The van der Waals surface area contributed by atoms with Gasteiger partial charge in [0.2, 0.25) is 5.78 Å². The van der Waals surface area contributed by atoms with Gasteiger partial charge < -0.3 is 0 Å². The maximum absolute atomic E-state index is 13.3. The lowest BCUT2D eigenvalue weighted by atomic mass is 10.1. The van der Waals surface area contributed by atoms with Crippen molar-refractivity contribution in [3.05, 3.63) is 50.4 Å². The number of hydrogen-bond donors (Lipinski definition) is 0. The molecule has 1 aromatic carbocycles. The molecule has 0 spiro atoms. The molecule has 6 heteroatoms. The van der Waals surface area contributed by atoms with Crippen LogP contribution in [0.4, 0.5) is 4.39 Å². The average molecular weight is 376 g/mol. The van der Waals surface area contributed by atoms with Crippen LogP contribution in [0.5, 0.6) is 0 Å². The molecular formula is C12H9Br2FN2O. The number of rotatable bonds is 3. The molecule has 18 heavy (non-hydrogen) atoms. The summed E-state index contributed by atoms with van der Waals surface area (Å²) in [6, 6.07) is 4.11. The first-order valence-corrected chi connectivity index (χ1v) is 6.83. The van der Waals surface area contributed by atoms with Gasteiger partial charge in [0.05, 0.1) is 10.7 Å². The van der Waals surface area contributed by atoms with Crippen molar-refractivity contribution in [2.45, 2.75) is 13.5 Å². The molecule has 0 aliphatic rings. The van der Waals surface area contributed by atoms with E-state index in [1.165, 1.54) is 12.1 Å². The first kappa shape index (κ1) is 13.4. The molecule has 0 atom stereocenters. The maximum Gasteiger partial charge on any atom is 0.212 e. The summed E-state index contributed by atoms with van der Waals surface area (Å²) >= 11 is 6.46. The molecule has 2 rings (SSSR count). The quantitative estimate of drug-likeness (QED) is 0.765. The van der Waals surface area contributed by atoms with Gasteiger partial charge >= 0.3 is 0 Å². The molecule has 0 N–H and O–H groups in total. The molecule has 0 bridgehead atoms. The molecule has 0 aliphatic heterocycles. The van der Waals surface area contributed by atoms with Gasteiger partial charge in [-0.3, -0.25) is 9.48 Å². The highest BCUT2D eigenvalue weighted by molar-refractivity contribution is 9.10. The Morgan fingerprint density at radius 3 is 2.72 bits per heavy atom. The van der Waals surface area contributed by atoms with Crippen LogP contribution in [0.2, 0.25) is 0 Å². The number of hydrogen-bond acceptors (Lipinski definition) is 2. The molecule has 0 fully saturated rings. The lowest BCUT2D eigenvalue weighted by molar-refractivity contribution is 0.102. The molecule has 0 unspecified atom stereocenters. The Kier molecular flexibility index (Phi) is 3.97. The van der Waals surface area contributed by atoms with Gasteiger partial charge in [0.15, 0.2) is 0 Å². The second-order valence-corrected chi connectivity index (χ2v) is 5.41. The van der Waals surface area contributed by atoms with Crippen LogP contribution in [-0.2, 0) is 6.54 Å². The van der Waals surface area contributed by atoms with Gasteiger partial charge in [-0.15, -0.1) is 0 Å². The van der Waals surface area contributed by atoms with E-state index in [1.807, 2.05) is 6.92 Å². The Balaban J connectivity index is 2.50. The molecule has 0 saturated carbocycles. The highest BCUT2D eigenvalue weighted by atomic mass is 79.9. The fourth-order valence-corrected chi connectivity index (χ4v) is 2.59. The zero-order valence-electron chi connectivity index (χ0n) is 9.45. The van der Waals surface area contributed by atoms with Gasteiger partial charge in [-0.05, 0) is 41.1 Å². The number of ketones is 1. The number of nitrogens with zero attached hydrogens (tertiary/aromatic N) is 2. The molecule has 1 heterocycles. The molecule has 2 aromatic rings. The molecule has 1 aromatic heterocycles. The molecule has 3 nitrogen and oxygen atoms in total. The minimum Gasteiger partial charge on any atom is -0.287 e. The van der Waals surface area contributed by atoms with E-state index in [4.69, 9.17) is 0 Å². The zero-order valence-corrected chi connectivity index (χ0v) is 12.6. The van der Waals surface area contributed by atoms with Crippen LogP contribution in [0.25, 0.3) is 0 Å². The third kappa shape index (κ3) is 2.54. The second-order valence-electron chi connectivity index (χ2n) is 3.64. The summed E-state index contributed by atoms with van der Waals surface area (Å²) in [5.74, 6) is -0.715. The number of benzene rings is 1. The smallest absolute Gasteiger partial charge is 0.212 e. The third-order valence-electron chi connectivity index (χ3n) is 2.43. The Bertz CT molecular complexity index is 590. The van der Waals surface area contributed by atoms with Crippen molar-refractivity contribution in [2.75, 3.05) is 0 Å². The van der Waals surface area contributed by atoms with Crippen LogP contribution in [0.1, 0.15) is 23.0 Å². The van der Waals surface area contributed by atoms with E-state index in [2.05, 4.69) is 37.0 Å². The number of carbonyl (C=O) groups is 1. The van der Waals surface area contributed by atoms with E-state index in [0.29, 0.717) is 21.2 Å². The first-order chi connectivity index (χ1) is 8.52. The lowest BCUT2D eigenvalue weighted by Gasteiger charge is -2.05. The Labute approximate surface area is 120 Å². The summed E-state index contributed by atoms with van der Waals surface area (Å²) in [6.45, 7) is 2.46. The minimum absolute atomic E-state index is 0.263. The molecule has 0 aliphatic carbocycles. The predicted octanol–water partition coefficient (Wildman–Crippen LogP) is 3.80. The van der Waals surface area contributed by atoms with Crippen molar-refractivity contribution in [3.63, 3.8) is 0 Å². The molecule has 0 amide bonds. The van der Waals surface area contributed by atoms with Gasteiger partial charge in [0.1, 0.15) is 11.5 Å². The van der Waals surface area contributed by atoms with Crippen molar-refractivity contribution < 1.29 is 9.18 Å². The SMILES string of the molecule is CCn1ncc(Br)c1C(=O)c1cc(F)cc(Br)c1. The Hall–Kier alpha value is -1.01. The summed E-state index contributed by atoms with van der Waals surface area (Å²) in [5.41, 5.74) is 0.716. The second kappa shape index (κ2) is 5.32. The normalized spacial score (nSPS) is 10.7. The highest BCUT2D eigenvalue weighted by Gasteiger charge is 2.19. The van der Waals surface area contributed by atoms with Crippen LogP contribution in [-0.4, -0.2) is 15.6 Å². The molecular weight excluding hydrogens is 367 g/mol. The Morgan fingerprint density at radius 2 is 2.11 bits per heavy atom. The van der Waals surface area contributed by atoms with Gasteiger partial charge in [0, 0.05) is 16.6 Å². The van der Waals surface area contributed by atoms with E-state index in [0.717, 1.165) is 0 Å². The maximum atomic E-state index is 13.3. The minimum atomic E-state index is -0.452. The van der Waals surface area contributed by atoms with Gasteiger partial charge in [-0.2, -0.15) is 5.10 Å². The predicted molar refractivity (Wildman–Crippen MR) is 73.1 cm³/mol. The first-order valence-electron chi connectivity index (χ1n) is 5.25. The topological polar surface area (TPSA) is 34.9 Å². The number of aryl methyl sites for hydroxylation is 1. The van der Waals surface area contributed by atoms with E-state index >= 15 is 0 Å². The molecule has 94 valence electrons. The summed E-state index contributed by atoms with van der Waals surface area (Å²) in [6.07, 6.45) is 1.56. The van der Waals surface area contributed by atoms with Crippen LogP contribution in [0.3, 0.4) is 0 Å². The fourth-order valence-electron chi connectivity index (χ4n) is 1.65. The summed E-state index contributed by atoms with van der Waals surface area (Å²) in [5, 5.41) is 4.07. The van der Waals surface area contributed by atoms with E-state index in [1.54, 1.807) is 16.9 Å². The number of carbonyl (C=O) groups excluding carboxylic acids is 1. The van der Waals surface area contributed by atoms with Crippen LogP contribution < -0.4 is 0 Å². The standard InChI is InChI=1S/C12H9Br2FN2O/c1-2-17-11(10(14)6-16-17)12(18)7-3-8(13)5-9(15)4-7/h3-6H,2H2,1H3. The fraction of sp³-hybridized carbons (Fsp3) is 0.167. The van der Waals surface area contributed by atoms with E-state index in [-0.39, 0.29) is 11.3 Å². The molecule has 0 radical (unpaired) electrons. The number of aromatic nitrogens is 2.